The number of carboxylic acid groups (broad SMARTS) is 1. The Labute approximate surface area is 221 Å². The number of benzene rings is 2. The van der Waals surface area contributed by atoms with Gasteiger partial charge in [0.05, 0.1) is 21.1 Å². The number of imidazole rings is 1. The van der Waals surface area contributed by atoms with Crippen LogP contribution < -0.4 is 10.1 Å². The third-order valence-electron chi connectivity index (χ3n) is 5.68. The molecule has 4 rings (SSSR count). The standard InChI is InChI=1S/C22H24Cl3N3O.C2HF3O2/c23-15-6-8-16(9-7-15)29-13-20-27-19-11-18(24)21(25)17(22(19)28-20)5-1-3-14-4-2-10-26-12-14;3-2(4,5)1(6)7/h6-9,11,14,26H,1-5,10,12-13H2,(H,27,28);(H,6,7). The number of ether oxygens (including phenoxy) is 1. The van der Waals surface area contributed by atoms with Crippen LogP contribution in [0.25, 0.3) is 11.0 Å². The van der Waals surface area contributed by atoms with E-state index in [0.717, 1.165) is 60.0 Å². The molecular weight excluding hydrogens is 542 g/mol. The van der Waals surface area contributed by atoms with Crippen molar-refractivity contribution in [2.45, 2.75) is 44.9 Å². The van der Waals surface area contributed by atoms with Gasteiger partial charge in [-0.2, -0.15) is 13.2 Å². The van der Waals surface area contributed by atoms with Crippen LogP contribution >= 0.6 is 34.8 Å². The van der Waals surface area contributed by atoms with Crippen LogP contribution in [0, 0.1) is 5.92 Å². The number of aromatic amines is 1. The summed E-state index contributed by atoms with van der Waals surface area (Å²) < 4.78 is 37.5. The van der Waals surface area contributed by atoms with Crippen LogP contribution in [-0.4, -0.2) is 40.3 Å². The van der Waals surface area contributed by atoms with Gasteiger partial charge in [-0.1, -0.05) is 34.8 Å². The molecule has 0 radical (unpaired) electrons. The van der Waals surface area contributed by atoms with E-state index in [0.29, 0.717) is 21.7 Å². The number of alkyl halides is 3. The lowest BCUT2D eigenvalue weighted by atomic mass is 9.93. The number of rotatable bonds is 7. The minimum absolute atomic E-state index is 0.332. The number of carbonyl (C=O) groups is 1. The van der Waals surface area contributed by atoms with Crippen LogP contribution in [-0.2, 0) is 17.8 Å². The maximum atomic E-state index is 10.6. The Morgan fingerprint density at radius 3 is 2.50 bits per heavy atom. The van der Waals surface area contributed by atoms with E-state index in [1.165, 1.54) is 19.3 Å². The van der Waals surface area contributed by atoms with Crippen molar-refractivity contribution in [2.24, 2.45) is 5.92 Å². The smallest absolute Gasteiger partial charge is 0.486 e. The second kappa shape index (κ2) is 12.9. The molecule has 1 unspecified atom stereocenters. The van der Waals surface area contributed by atoms with Crippen LogP contribution in [0.15, 0.2) is 30.3 Å². The van der Waals surface area contributed by atoms with Gasteiger partial charge in [-0.05, 0) is 81.4 Å². The summed E-state index contributed by atoms with van der Waals surface area (Å²) in [5.74, 6) is -0.523. The van der Waals surface area contributed by atoms with Gasteiger partial charge >= 0.3 is 12.1 Å². The van der Waals surface area contributed by atoms with Gasteiger partial charge in [0, 0.05) is 10.6 Å². The topological polar surface area (TPSA) is 87.2 Å². The number of hydrogen-bond acceptors (Lipinski definition) is 4. The Morgan fingerprint density at radius 1 is 1.19 bits per heavy atom. The highest BCUT2D eigenvalue weighted by atomic mass is 35.5. The van der Waals surface area contributed by atoms with Gasteiger partial charge in [-0.25, -0.2) is 9.78 Å². The Hall–Kier alpha value is -2.20. The predicted octanol–water partition coefficient (Wildman–Crippen LogP) is 7.06. The molecule has 1 fully saturated rings. The Kier molecular flexibility index (Phi) is 10.1. The van der Waals surface area contributed by atoms with E-state index in [9.17, 15) is 13.2 Å². The van der Waals surface area contributed by atoms with Gasteiger partial charge in [-0.15, -0.1) is 0 Å². The number of aryl methyl sites for hydroxylation is 1. The first-order chi connectivity index (χ1) is 17.0. The van der Waals surface area contributed by atoms with Crippen molar-refractivity contribution in [2.75, 3.05) is 13.1 Å². The van der Waals surface area contributed by atoms with Crippen LogP contribution in [0.4, 0.5) is 13.2 Å². The average molecular weight is 567 g/mol. The van der Waals surface area contributed by atoms with Crippen molar-refractivity contribution in [3.05, 3.63) is 56.8 Å². The van der Waals surface area contributed by atoms with Crippen LogP contribution in [0.1, 0.15) is 37.1 Å². The highest BCUT2D eigenvalue weighted by molar-refractivity contribution is 6.43. The highest BCUT2D eigenvalue weighted by Gasteiger charge is 2.38. The normalized spacial score (nSPS) is 15.9. The minimum atomic E-state index is -5.08. The lowest BCUT2D eigenvalue weighted by Gasteiger charge is -2.22. The molecule has 1 aromatic heterocycles. The van der Waals surface area contributed by atoms with Crippen molar-refractivity contribution in [3.63, 3.8) is 0 Å². The molecule has 1 aliphatic heterocycles. The molecular formula is C24H25Cl3F3N3O3. The Balaban J connectivity index is 0.000000454. The van der Waals surface area contributed by atoms with Crippen molar-refractivity contribution in [1.82, 2.24) is 15.3 Å². The molecule has 0 aliphatic carbocycles. The fourth-order valence-corrected chi connectivity index (χ4v) is 4.52. The number of aromatic nitrogens is 2. The zero-order valence-corrected chi connectivity index (χ0v) is 21.4. The van der Waals surface area contributed by atoms with E-state index >= 15 is 0 Å². The zero-order valence-electron chi connectivity index (χ0n) is 19.1. The number of aliphatic carboxylic acids is 1. The second-order valence-corrected chi connectivity index (χ2v) is 9.60. The fraction of sp³-hybridized carbons (Fsp3) is 0.417. The summed E-state index contributed by atoms with van der Waals surface area (Å²) in [4.78, 5) is 17.0. The van der Waals surface area contributed by atoms with Gasteiger partial charge in [0.2, 0.25) is 0 Å². The summed E-state index contributed by atoms with van der Waals surface area (Å²) in [5, 5.41) is 12.5. The molecule has 6 nitrogen and oxygen atoms in total. The predicted molar refractivity (Wildman–Crippen MR) is 134 cm³/mol. The Morgan fingerprint density at radius 2 is 1.89 bits per heavy atom. The highest BCUT2D eigenvalue weighted by Crippen LogP contribution is 2.34. The molecule has 3 N–H and O–H groups in total. The molecule has 196 valence electrons. The van der Waals surface area contributed by atoms with E-state index in [2.05, 4.69) is 10.3 Å². The molecule has 0 spiro atoms. The van der Waals surface area contributed by atoms with E-state index in [-0.39, 0.29) is 0 Å². The summed E-state index contributed by atoms with van der Waals surface area (Å²) in [7, 11) is 0. The molecule has 36 heavy (non-hydrogen) atoms. The van der Waals surface area contributed by atoms with Crippen molar-refractivity contribution in [1.29, 1.82) is 0 Å². The molecule has 2 heterocycles. The molecule has 12 heteroatoms. The number of halogens is 6. The average Bonchev–Trinajstić information content (AvgIpc) is 3.24. The number of carboxylic acids is 1. The first-order valence-corrected chi connectivity index (χ1v) is 12.4. The lowest BCUT2D eigenvalue weighted by molar-refractivity contribution is -0.192. The number of hydrogen-bond donors (Lipinski definition) is 3. The molecule has 1 aliphatic rings. The van der Waals surface area contributed by atoms with Gasteiger partial charge in [0.1, 0.15) is 18.2 Å². The number of piperidine rings is 1. The van der Waals surface area contributed by atoms with E-state index < -0.39 is 12.1 Å². The third kappa shape index (κ3) is 8.16. The maximum absolute atomic E-state index is 10.6. The van der Waals surface area contributed by atoms with Gasteiger partial charge in [-0.3, -0.25) is 0 Å². The summed E-state index contributed by atoms with van der Waals surface area (Å²) in [6.45, 7) is 2.59. The van der Waals surface area contributed by atoms with Crippen LogP contribution in [0.5, 0.6) is 5.75 Å². The lowest BCUT2D eigenvalue weighted by Crippen LogP contribution is -2.29. The number of fused-ring (bicyclic) bond motifs is 1. The number of nitrogens with zero attached hydrogens (tertiary/aromatic N) is 1. The summed E-state index contributed by atoms with van der Waals surface area (Å²) in [6, 6.07) is 9.12. The third-order valence-corrected chi connectivity index (χ3v) is 6.76. The van der Waals surface area contributed by atoms with Gasteiger partial charge in [0.25, 0.3) is 0 Å². The monoisotopic (exact) mass is 565 g/mol. The minimum Gasteiger partial charge on any atom is -0.486 e. The molecule has 3 aromatic rings. The number of H-pyrrole nitrogens is 1. The fourth-order valence-electron chi connectivity index (χ4n) is 3.93. The first-order valence-electron chi connectivity index (χ1n) is 11.3. The van der Waals surface area contributed by atoms with Gasteiger partial charge in [0.15, 0.2) is 0 Å². The molecule has 2 aromatic carbocycles. The van der Waals surface area contributed by atoms with Crippen molar-refractivity contribution < 1.29 is 27.8 Å². The SMILES string of the molecule is Clc1ccc(OCc2nc3c(CCCC4CCCNC4)c(Cl)c(Cl)cc3[nH]2)cc1.O=C(O)C(F)(F)F. The van der Waals surface area contributed by atoms with Crippen molar-refractivity contribution >= 4 is 51.8 Å². The molecule has 0 saturated carbocycles. The summed E-state index contributed by atoms with van der Waals surface area (Å²) in [5.41, 5.74) is 2.80. The second-order valence-electron chi connectivity index (χ2n) is 8.38. The van der Waals surface area contributed by atoms with Crippen LogP contribution in [0.2, 0.25) is 15.1 Å². The maximum Gasteiger partial charge on any atom is 0.490 e. The van der Waals surface area contributed by atoms with Crippen LogP contribution in [0.3, 0.4) is 0 Å². The quantitative estimate of drug-likeness (QED) is 0.285. The molecule has 0 amide bonds. The van der Waals surface area contributed by atoms with E-state index in [4.69, 9.17) is 54.4 Å². The van der Waals surface area contributed by atoms with Gasteiger partial charge < -0.3 is 20.1 Å². The molecule has 1 atom stereocenters. The largest absolute Gasteiger partial charge is 0.490 e. The zero-order chi connectivity index (χ0) is 26.3. The van der Waals surface area contributed by atoms with E-state index in [1.54, 1.807) is 12.1 Å². The molecule has 1 saturated heterocycles. The Bertz CT molecular complexity index is 1160. The van der Waals surface area contributed by atoms with E-state index in [1.807, 2.05) is 18.2 Å². The first kappa shape index (κ1) is 28.4. The van der Waals surface area contributed by atoms with Crippen molar-refractivity contribution in [3.8, 4) is 5.75 Å². The summed E-state index contributed by atoms with van der Waals surface area (Å²) >= 11 is 18.9. The number of nitrogens with one attached hydrogen (secondary N) is 2. The summed E-state index contributed by atoms with van der Waals surface area (Å²) in [6.07, 6.45) is 0.622. The molecule has 0 bridgehead atoms.